The number of nitrogens with one attached hydrogen (secondary N) is 2. The number of aryl methyl sites for hydroxylation is 1. The van der Waals surface area contributed by atoms with E-state index in [1.54, 1.807) is 6.07 Å². The molecule has 1 saturated carbocycles. The van der Waals surface area contributed by atoms with Gasteiger partial charge in [0.15, 0.2) is 0 Å². The van der Waals surface area contributed by atoms with Crippen molar-refractivity contribution in [1.82, 2.24) is 10.0 Å². The third-order valence-electron chi connectivity index (χ3n) is 3.99. The Labute approximate surface area is 128 Å². The van der Waals surface area contributed by atoms with Gasteiger partial charge in [0.1, 0.15) is 0 Å². The lowest BCUT2D eigenvalue weighted by molar-refractivity contribution is 0.270. The molecule has 5 heteroatoms. The zero-order chi connectivity index (χ0) is 15.5. The summed E-state index contributed by atoms with van der Waals surface area (Å²) < 4.78 is 27.9. The van der Waals surface area contributed by atoms with Gasteiger partial charge in [0.2, 0.25) is 10.0 Å². The van der Waals surface area contributed by atoms with Crippen LogP contribution in [-0.4, -0.2) is 21.0 Å². The Morgan fingerprint density at radius 2 is 2.00 bits per heavy atom. The number of rotatable bonds is 7. The Kier molecular flexibility index (Phi) is 5.41. The number of sulfonamides is 1. The maximum atomic E-state index is 12.5. The van der Waals surface area contributed by atoms with Gasteiger partial charge in [-0.05, 0) is 55.8 Å². The van der Waals surface area contributed by atoms with Crippen molar-refractivity contribution >= 4 is 10.0 Å². The van der Waals surface area contributed by atoms with E-state index in [4.69, 9.17) is 0 Å². The highest BCUT2D eigenvalue weighted by Crippen LogP contribution is 2.28. The van der Waals surface area contributed by atoms with E-state index < -0.39 is 10.0 Å². The first-order valence-electron chi connectivity index (χ1n) is 7.75. The van der Waals surface area contributed by atoms with Gasteiger partial charge in [-0.25, -0.2) is 13.1 Å². The van der Waals surface area contributed by atoms with Gasteiger partial charge < -0.3 is 5.32 Å². The SMILES string of the molecule is CCCNCc1ccc(C)c(S(=O)(=O)NC2CC(C)C2)c1. The zero-order valence-electron chi connectivity index (χ0n) is 13.1. The summed E-state index contributed by atoms with van der Waals surface area (Å²) in [6.07, 6.45) is 2.95. The predicted octanol–water partition coefficient (Wildman–Crippen LogP) is 2.57. The molecule has 0 radical (unpaired) electrons. The van der Waals surface area contributed by atoms with E-state index in [1.165, 1.54) is 0 Å². The van der Waals surface area contributed by atoms with Crippen LogP contribution < -0.4 is 10.0 Å². The highest BCUT2D eigenvalue weighted by Gasteiger charge is 2.30. The number of hydrogen-bond donors (Lipinski definition) is 2. The van der Waals surface area contributed by atoms with Gasteiger partial charge >= 0.3 is 0 Å². The first-order valence-corrected chi connectivity index (χ1v) is 9.23. The Balaban J connectivity index is 2.11. The van der Waals surface area contributed by atoms with Crippen LogP contribution in [0.4, 0.5) is 0 Å². The van der Waals surface area contributed by atoms with Crippen LogP contribution in [0.3, 0.4) is 0 Å². The molecule has 21 heavy (non-hydrogen) atoms. The van der Waals surface area contributed by atoms with Gasteiger partial charge in [0.25, 0.3) is 0 Å². The molecule has 0 heterocycles. The molecule has 1 aromatic carbocycles. The van der Waals surface area contributed by atoms with Crippen molar-refractivity contribution < 1.29 is 8.42 Å². The fourth-order valence-electron chi connectivity index (χ4n) is 2.73. The van der Waals surface area contributed by atoms with Crippen LogP contribution in [0, 0.1) is 12.8 Å². The summed E-state index contributed by atoms with van der Waals surface area (Å²) in [5.74, 6) is 0.628. The van der Waals surface area contributed by atoms with Gasteiger partial charge in [0.05, 0.1) is 4.90 Å². The Bertz CT molecular complexity index is 578. The van der Waals surface area contributed by atoms with Crippen molar-refractivity contribution in [3.05, 3.63) is 29.3 Å². The molecule has 1 aromatic rings. The van der Waals surface area contributed by atoms with Gasteiger partial charge in [-0.2, -0.15) is 0 Å². The van der Waals surface area contributed by atoms with Gasteiger partial charge in [0, 0.05) is 12.6 Å². The molecule has 0 saturated heterocycles. The fraction of sp³-hybridized carbons (Fsp3) is 0.625. The lowest BCUT2D eigenvalue weighted by atomic mass is 9.83. The van der Waals surface area contributed by atoms with Crippen molar-refractivity contribution in [1.29, 1.82) is 0 Å². The van der Waals surface area contributed by atoms with Crippen molar-refractivity contribution in [2.24, 2.45) is 5.92 Å². The average molecular weight is 310 g/mol. The number of hydrogen-bond acceptors (Lipinski definition) is 3. The second-order valence-corrected chi connectivity index (χ2v) is 7.85. The van der Waals surface area contributed by atoms with E-state index in [9.17, 15) is 8.42 Å². The first-order chi connectivity index (χ1) is 9.92. The lowest BCUT2D eigenvalue weighted by Gasteiger charge is -2.33. The van der Waals surface area contributed by atoms with E-state index in [1.807, 2.05) is 19.1 Å². The molecule has 0 aliphatic heterocycles. The predicted molar refractivity (Wildman–Crippen MR) is 85.7 cm³/mol. The Hall–Kier alpha value is -0.910. The third-order valence-corrected chi connectivity index (χ3v) is 5.66. The third kappa shape index (κ3) is 4.28. The quantitative estimate of drug-likeness (QED) is 0.761. The van der Waals surface area contributed by atoms with Crippen LogP contribution in [0.2, 0.25) is 0 Å². The molecule has 1 fully saturated rings. The molecule has 118 valence electrons. The van der Waals surface area contributed by atoms with Crippen molar-refractivity contribution in [3.8, 4) is 0 Å². The summed E-state index contributed by atoms with van der Waals surface area (Å²) in [5, 5.41) is 3.30. The second-order valence-electron chi connectivity index (χ2n) is 6.17. The van der Waals surface area contributed by atoms with Gasteiger partial charge in [-0.1, -0.05) is 26.0 Å². The maximum absolute atomic E-state index is 12.5. The molecule has 0 atom stereocenters. The van der Waals surface area contributed by atoms with Gasteiger partial charge in [-0.15, -0.1) is 0 Å². The van der Waals surface area contributed by atoms with Crippen molar-refractivity contribution in [3.63, 3.8) is 0 Å². The minimum atomic E-state index is -3.41. The molecule has 2 rings (SSSR count). The molecule has 1 aliphatic rings. The van der Waals surface area contributed by atoms with Crippen LogP contribution >= 0.6 is 0 Å². The van der Waals surface area contributed by atoms with Gasteiger partial charge in [-0.3, -0.25) is 0 Å². The standard InChI is InChI=1S/C16H26N2O2S/c1-4-7-17-11-14-6-5-13(3)16(10-14)21(19,20)18-15-8-12(2)9-15/h5-6,10,12,15,17-18H,4,7-9,11H2,1-3H3. The minimum absolute atomic E-state index is 0.103. The lowest BCUT2D eigenvalue weighted by Crippen LogP contribution is -2.43. The van der Waals surface area contributed by atoms with E-state index >= 15 is 0 Å². The molecule has 0 amide bonds. The molecule has 0 spiro atoms. The molecule has 0 aromatic heterocycles. The monoisotopic (exact) mass is 310 g/mol. The maximum Gasteiger partial charge on any atom is 0.241 e. The zero-order valence-corrected chi connectivity index (χ0v) is 14.0. The van der Waals surface area contributed by atoms with E-state index in [-0.39, 0.29) is 6.04 Å². The number of benzene rings is 1. The topological polar surface area (TPSA) is 58.2 Å². The Morgan fingerprint density at radius 3 is 2.62 bits per heavy atom. The Morgan fingerprint density at radius 1 is 1.29 bits per heavy atom. The summed E-state index contributed by atoms with van der Waals surface area (Å²) in [4.78, 5) is 0.415. The molecular weight excluding hydrogens is 284 g/mol. The van der Waals surface area contributed by atoms with Crippen molar-refractivity contribution in [2.45, 2.75) is 57.5 Å². The van der Waals surface area contributed by atoms with Crippen LogP contribution in [0.5, 0.6) is 0 Å². The molecule has 4 nitrogen and oxygen atoms in total. The first kappa shape index (κ1) is 16.5. The summed E-state index contributed by atoms with van der Waals surface area (Å²) in [7, 11) is -3.41. The molecule has 0 bridgehead atoms. The molecule has 0 unspecified atom stereocenters. The van der Waals surface area contributed by atoms with Crippen molar-refractivity contribution in [2.75, 3.05) is 6.54 Å². The van der Waals surface area contributed by atoms with E-state index in [0.29, 0.717) is 17.4 Å². The molecule has 2 N–H and O–H groups in total. The van der Waals surface area contributed by atoms with Crippen LogP contribution in [-0.2, 0) is 16.6 Å². The second kappa shape index (κ2) is 6.90. The average Bonchev–Trinajstić information content (AvgIpc) is 2.39. The molecular formula is C16H26N2O2S. The van der Waals surface area contributed by atoms with E-state index in [2.05, 4.69) is 23.9 Å². The summed E-state index contributed by atoms with van der Waals surface area (Å²) in [5.41, 5.74) is 1.81. The normalized spacial score (nSPS) is 22.0. The highest BCUT2D eigenvalue weighted by atomic mass is 32.2. The fourth-order valence-corrected chi connectivity index (χ4v) is 4.29. The molecule has 1 aliphatic carbocycles. The van der Waals surface area contributed by atoms with Crippen LogP contribution in [0.25, 0.3) is 0 Å². The summed E-state index contributed by atoms with van der Waals surface area (Å²) >= 11 is 0. The minimum Gasteiger partial charge on any atom is -0.313 e. The summed E-state index contributed by atoms with van der Waals surface area (Å²) in [6.45, 7) is 7.75. The highest BCUT2D eigenvalue weighted by molar-refractivity contribution is 7.89. The van der Waals surface area contributed by atoms with Crippen LogP contribution in [0.15, 0.2) is 23.1 Å². The largest absolute Gasteiger partial charge is 0.313 e. The van der Waals surface area contributed by atoms with Crippen LogP contribution in [0.1, 0.15) is 44.2 Å². The van der Waals surface area contributed by atoms with E-state index in [0.717, 1.165) is 36.9 Å². The smallest absolute Gasteiger partial charge is 0.241 e. The summed E-state index contributed by atoms with van der Waals surface area (Å²) in [6, 6.07) is 5.78.